The molecule has 0 bridgehead atoms. The maximum Gasteiger partial charge on any atom is 0.154 e. The molecule has 1 fully saturated rings. The lowest BCUT2D eigenvalue weighted by atomic mass is 10.0. The van der Waals surface area contributed by atoms with E-state index in [1.165, 1.54) is 0 Å². The van der Waals surface area contributed by atoms with Gasteiger partial charge in [-0.1, -0.05) is 13.3 Å². The summed E-state index contributed by atoms with van der Waals surface area (Å²) in [6.45, 7) is 2.82. The second kappa shape index (κ2) is 6.12. The Morgan fingerprint density at radius 3 is 3.00 bits per heavy atom. The van der Waals surface area contributed by atoms with Crippen molar-refractivity contribution in [3.8, 4) is 0 Å². The molecule has 2 unspecified atom stereocenters. The number of nitrogens with one attached hydrogen (secondary N) is 1. The van der Waals surface area contributed by atoms with Crippen molar-refractivity contribution < 1.29 is 8.42 Å². The Kier molecular flexibility index (Phi) is 4.75. The molecule has 0 amide bonds. The molecule has 0 aliphatic carbocycles. The first-order valence-corrected chi connectivity index (χ1v) is 9.05. The Bertz CT molecular complexity index is 456. The monoisotopic (exact) mass is 288 g/mol. The van der Waals surface area contributed by atoms with Crippen molar-refractivity contribution in [2.24, 2.45) is 0 Å². The number of sulfone groups is 1. The molecule has 2 rings (SSSR count). The molecule has 4 nitrogen and oxygen atoms in total. The van der Waals surface area contributed by atoms with Gasteiger partial charge in [0.05, 0.1) is 16.5 Å². The Labute approximate surface area is 113 Å². The molecule has 1 N–H and O–H groups in total. The second-order valence-corrected chi connectivity index (χ2v) is 8.05. The lowest BCUT2D eigenvalue weighted by molar-refractivity contribution is 0.442. The van der Waals surface area contributed by atoms with Gasteiger partial charge in [0, 0.05) is 17.1 Å². The van der Waals surface area contributed by atoms with Crippen molar-refractivity contribution >= 4 is 21.2 Å². The van der Waals surface area contributed by atoms with E-state index in [4.69, 9.17) is 0 Å². The van der Waals surface area contributed by atoms with E-state index in [9.17, 15) is 8.42 Å². The van der Waals surface area contributed by atoms with Crippen molar-refractivity contribution in [3.05, 3.63) is 16.6 Å². The number of hydrogen-bond acceptors (Lipinski definition) is 5. The predicted octanol–water partition coefficient (Wildman–Crippen LogP) is 1.63. The summed E-state index contributed by atoms with van der Waals surface area (Å²) in [5.41, 5.74) is 1.80. The van der Waals surface area contributed by atoms with E-state index in [2.05, 4.69) is 10.3 Å². The van der Waals surface area contributed by atoms with Crippen molar-refractivity contribution in [2.75, 3.05) is 12.3 Å². The maximum absolute atomic E-state index is 12.2. The van der Waals surface area contributed by atoms with Gasteiger partial charge in [-0.05, 0) is 25.8 Å². The van der Waals surface area contributed by atoms with E-state index in [-0.39, 0.29) is 11.3 Å². The Balaban J connectivity index is 2.13. The van der Waals surface area contributed by atoms with Crippen LogP contribution in [0, 0.1) is 0 Å². The number of aromatic nitrogens is 1. The molecule has 1 aromatic rings. The predicted molar refractivity (Wildman–Crippen MR) is 74.7 cm³/mol. The zero-order chi connectivity index (χ0) is 13.0. The van der Waals surface area contributed by atoms with Gasteiger partial charge < -0.3 is 5.32 Å². The van der Waals surface area contributed by atoms with E-state index in [0.717, 1.165) is 37.1 Å². The first-order valence-electron chi connectivity index (χ1n) is 6.46. The van der Waals surface area contributed by atoms with Gasteiger partial charge in [0.1, 0.15) is 0 Å². The number of likely N-dealkylation sites (N-methyl/N-ethyl adjacent to an activating group) is 1. The van der Waals surface area contributed by atoms with Gasteiger partial charge in [-0.25, -0.2) is 8.42 Å². The van der Waals surface area contributed by atoms with E-state index >= 15 is 0 Å². The average molecular weight is 288 g/mol. The average Bonchev–Trinajstić information content (AvgIpc) is 2.81. The normalized spacial score (nSPS) is 24.8. The summed E-state index contributed by atoms with van der Waals surface area (Å²) in [7, 11) is -2.93. The quantitative estimate of drug-likeness (QED) is 0.894. The fraction of sp³-hybridized carbons (Fsp3) is 0.750. The van der Waals surface area contributed by atoms with Gasteiger partial charge in [-0.15, -0.1) is 11.3 Å². The summed E-state index contributed by atoms with van der Waals surface area (Å²) >= 11 is 1.60. The summed E-state index contributed by atoms with van der Waals surface area (Å²) in [4.78, 5) is 5.21. The molecule has 18 heavy (non-hydrogen) atoms. The van der Waals surface area contributed by atoms with Gasteiger partial charge in [0.25, 0.3) is 0 Å². The Morgan fingerprint density at radius 2 is 2.39 bits per heavy atom. The molecule has 2 heterocycles. The van der Waals surface area contributed by atoms with Crippen molar-refractivity contribution in [3.63, 3.8) is 0 Å². The van der Waals surface area contributed by atoms with Crippen LogP contribution in [-0.2, 0) is 16.3 Å². The lowest BCUT2D eigenvalue weighted by Gasteiger charge is -2.30. The number of rotatable bonds is 5. The topological polar surface area (TPSA) is 59.1 Å². The van der Waals surface area contributed by atoms with E-state index in [1.807, 2.05) is 13.1 Å². The molecule has 1 aromatic heterocycles. The van der Waals surface area contributed by atoms with Crippen molar-refractivity contribution in [2.45, 2.75) is 43.9 Å². The summed E-state index contributed by atoms with van der Waals surface area (Å²) in [6, 6.07) is 0.0285. The third-order valence-corrected chi connectivity index (χ3v) is 6.59. The highest BCUT2D eigenvalue weighted by Crippen LogP contribution is 2.24. The molecule has 1 aliphatic heterocycles. The Hall–Kier alpha value is -0.460. The number of hydrogen-bond donors (Lipinski definition) is 1. The summed E-state index contributed by atoms with van der Waals surface area (Å²) < 4.78 is 24.3. The van der Waals surface area contributed by atoms with Crippen molar-refractivity contribution in [1.29, 1.82) is 0 Å². The third kappa shape index (κ3) is 3.30. The van der Waals surface area contributed by atoms with Gasteiger partial charge in [0.15, 0.2) is 9.84 Å². The van der Waals surface area contributed by atoms with Crippen LogP contribution in [0.3, 0.4) is 0 Å². The highest BCUT2D eigenvalue weighted by Gasteiger charge is 2.35. The van der Waals surface area contributed by atoms with Crippen LogP contribution < -0.4 is 5.32 Å². The first kappa shape index (κ1) is 14.0. The molecule has 0 aromatic carbocycles. The van der Waals surface area contributed by atoms with Crippen LogP contribution in [0.5, 0.6) is 0 Å². The molecule has 1 saturated heterocycles. The smallest absolute Gasteiger partial charge is 0.154 e. The summed E-state index contributed by atoms with van der Waals surface area (Å²) in [6.07, 6.45) is 5.23. The van der Waals surface area contributed by atoms with E-state index in [0.29, 0.717) is 5.75 Å². The first-order chi connectivity index (χ1) is 8.63. The van der Waals surface area contributed by atoms with Crippen LogP contribution in [0.25, 0.3) is 0 Å². The molecular weight excluding hydrogens is 268 g/mol. The van der Waals surface area contributed by atoms with Gasteiger partial charge in [-0.3, -0.25) is 4.98 Å². The fourth-order valence-electron chi connectivity index (χ4n) is 2.59. The minimum Gasteiger partial charge on any atom is -0.313 e. The largest absolute Gasteiger partial charge is 0.313 e. The van der Waals surface area contributed by atoms with Gasteiger partial charge in [-0.2, -0.15) is 0 Å². The second-order valence-electron chi connectivity index (χ2n) is 4.74. The van der Waals surface area contributed by atoms with Crippen LogP contribution in [-0.4, -0.2) is 37.0 Å². The lowest BCUT2D eigenvalue weighted by Crippen LogP contribution is -2.47. The van der Waals surface area contributed by atoms with Crippen LogP contribution in [0.15, 0.2) is 11.7 Å². The van der Waals surface area contributed by atoms with E-state index in [1.54, 1.807) is 16.8 Å². The molecule has 102 valence electrons. The number of nitrogens with zero attached hydrogens (tertiary/aromatic N) is 1. The zero-order valence-electron chi connectivity index (χ0n) is 10.6. The van der Waals surface area contributed by atoms with Crippen LogP contribution in [0.1, 0.15) is 31.1 Å². The molecule has 2 atom stereocenters. The Morgan fingerprint density at radius 1 is 1.56 bits per heavy atom. The molecule has 0 spiro atoms. The van der Waals surface area contributed by atoms with Crippen LogP contribution in [0.4, 0.5) is 0 Å². The van der Waals surface area contributed by atoms with Crippen LogP contribution in [0.2, 0.25) is 0 Å². The van der Waals surface area contributed by atoms with Crippen molar-refractivity contribution in [1.82, 2.24) is 10.3 Å². The zero-order valence-corrected chi connectivity index (χ0v) is 12.3. The van der Waals surface area contributed by atoms with Gasteiger partial charge in [0.2, 0.25) is 0 Å². The number of thiazole rings is 1. The van der Waals surface area contributed by atoms with E-state index < -0.39 is 9.84 Å². The standard InChI is InChI=1S/C12H20N2O2S2/c1-2-14-11(7-10-8-13-9-17-10)12-5-3-4-6-18(12,15)16/h8-9,11-12,14H,2-7H2,1H3. The SMILES string of the molecule is CCNC(Cc1cncs1)C1CCCCS1(=O)=O. The highest BCUT2D eigenvalue weighted by molar-refractivity contribution is 7.92. The van der Waals surface area contributed by atoms with Gasteiger partial charge >= 0.3 is 0 Å². The maximum atomic E-state index is 12.2. The minimum atomic E-state index is -2.93. The minimum absolute atomic E-state index is 0.0285. The van der Waals surface area contributed by atoms with Crippen LogP contribution >= 0.6 is 11.3 Å². The summed E-state index contributed by atoms with van der Waals surface area (Å²) in [5, 5.41) is 3.12. The highest BCUT2D eigenvalue weighted by atomic mass is 32.2. The third-order valence-electron chi connectivity index (χ3n) is 3.45. The fourth-order valence-corrected chi connectivity index (χ4v) is 5.37. The molecule has 0 radical (unpaired) electrons. The molecule has 0 saturated carbocycles. The molecular formula is C12H20N2O2S2. The molecule has 6 heteroatoms. The molecule has 1 aliphatic rings. The summed E-state index contributed by atoms with van der Waals surface area (Å²) in [5.74, 6) is 0.349.